The van der Waals surface area contributed by atoms with E-state index in [9.17, 15) is 9.59 Å². The Morgan fingerprint density at radius 3 is 2.69 bits per heavy atom. The summed E-state index contributed by atoms with van der Waals surface area (Å²) < 4.78 is 10.5. The third kappa shape index (κ3) is 5.07. The van der Waals surface area contributed by atoms with Crippen molar-refractivity contribution >= 4 is 18.0 Å². The number of rotatable bonds is 7. The fourth-order valence-corrected chi connectivity index (χ4v) is 2.41. The van der Waals surface area contributed by atoms with Crippen LogP contribution in [0.2, 0.25) is 0 Å². The van der Waals surface area contributed by atoms with Gasteiger partial charge in [0.1, 0.15) is 6.42 Å². The summed E-state index contributed by atoms with van der Waals surface area (Å²) in [6.45, 7) is 0.683. The zero-order valence-corrected chi connectivity index (χ0v) is 14.1. The second-order valence-electron chi connectivity index (χ2n) is 5.67. The van der Waals surface area contributed by atoms with E-state index in [1.807, 2.05) is 30.3 Å². The van der Waals surface area contributed by atoms with E-state index in [2.05, 4.69) is 15.8 Å². The van der Waals surface area contributed by atoms with Gasteiger partial charge in [-0.15, -0.1) is 0 Å². The second-order valence-corrected chi connectivity index (χ2v) is 5.67. The molecule has 7 heteroatoms. The molecule has 0 saturated carbocycles. The molecule has 26 heavy (non-hydrogen) atoms. The van der Waals surface area contributed by atoms with E-state index >= 15 is 0 Å². The minimum absolute atomic E-state index is 0.200. The highest BCUT2D eigenvalue weighted by molar-refractivity contribution is 5.97. The van der Waals surface area contributed by atoms with E-state index in [1.54, 1.807) is 18.2 Å². The van der Waals surface area contributed by atoms with Gasteiger partial charge in [-0.05, 0) is 35.7 Å². The zero-order valence-electron chi connectivity index (χ0n) is 14.1. The summed E-state index contributed by atoms with van der Waals surface area (Å²) in [5, 5.41) is 6.56. The number of nitrogens with zero attached hydrogens (tertiary/aromatic N) is 1. The highest BCUT2D eigenvalue weighted by atomic mass is 16.7. The van der Waals surface area contributed by atoms with Crippen LogP contribution in [0.15, 0.2) is 53.6 Å². The SMILES string of the molecule is O=C(CC(=O)N/N=C/c1ccc2c(c1)OCO2)NCCc1ccccc1. The van der Waals surface area contributed by atoms with Gasteiger partial charge in [0.25, 0.3) is 0 Å². The van der Waals surface area contributed by atoms with Crippen LogP contribution in [-0.2, 0) is 16.0 Å². The number of hydrazone groups is 1. The quantitative estimate of drug-likeness (QED) is 0.450. The van der Waals surface area contributed by atoms with Gasteiger partial charge in [-0.25, -0.2) is 5.43 Å². The Balaban J connectivity index is 1.37. The Morgan fingerprint density at radius 1 is 1.04 bits per heavy atom. The van der Waals surface area contributed by atoms with Gasteiger partial charge in [0.05, 0.1) is 6.21 Å². The molecule has 7 nitrogen and oxygen atoms in total. The number of carbonyl (C=O) groups excluding carboxylic acids is 2. The molecule has 0 atom stereocenters. The van der Waals surface area contributed by atoms with Gasteiger partial charge in [-0.2, -0.15) is 5.10 Å². The van der Waals surface area contributed by atoms with Crippen LogP contribution in [0, 0.1) is 0 Å². The average molecular weight is 353 g/mol. The van der Waals surface area contributed by atoms with E-state index in [4.69, 9.17) is 9.47 Å². The molecule has 0 saturated heterocycles. The van der Waals surface area contributed by atoms with Gasteiger partial charge < -0.3 is 14.8 Å². The Labute approximate surface area is 151 Å². The molecule has 0 radical (unpaired) electrons. The summed E-state index contributed by atoms with van der Waals surface area (Å²) in [5.41, 5.74) is 4.22. The second kappa shape index (κ2) is 8.66. The molecule has 0 aliphatic carbocycles. The Kier molecular flexibility index (Phi) is 5.82. The first kappa shape index (κ1) is 17.5. The lowest BCUT2D eigenvalue weighted by Gasteiger charge is -2.04. The molecule has 2 N–H and O–H groups in total. The minimum Gasteiger partial charge on any atom is -0.454 e. The van der Waals surface area contributed by atoms with Crippen molar-refractivity contribution < 1.29 is 19.1 Å². The van der Waals surface area contributed by atoms with Gasteiger partial charge in [0, 0.05) is 6.54 Å². The predicted octanol–water partition coefficient (Wildman–Crippen LogP) is 1.61. The lowest BCUT2D eigenvalue weighted by Crippen LogP contribution is -2.31. The van der Waals surface area contributed by atoms with Crippen LogP contribution in [0.25, 0.3) is 0 Å². The van der Waals surface area contributed by atoms with Crippen LogP contribution in [0.5, 0.6) is 11.5 Å². The molecule has 134 valence electrons. The molecule has 2 aromatic rings. The monoisotopic (exact) mass is 353 g/mol. The minimum atomic E-state index is -0.473. The topological polar surface area (TPSA) is 89.0 Å². The molecule has 0 aromatic heterocycles. The molecule has 0 bridgehead atoms. The van der Waals surface area contributed by atoms with Crippen molar-refractivity contribution in [3.63, 3.8) is 0 Å². The number of nitrogens with one attached hydrogen (secondary N) is 2. The molecule has 0 unspecified atom stereocenters. The van der Waals surface area contributed by atoms with Crippen LogP contribution in [-0.4, -0.2) is 31.4 Å². The summed E-state index contributed by atoms with van der Waals surface area (Å²) in [7, 11) is 0. The number of carbonyl (C=O) groups is 2. The Hall–Kier alpha value is -3.35. The average Bonchev–Trinajstić information content (AvgIpc) is 3.10. The summed E-state index contributed by atoms with van der Waals surface area (Å²) in [6.07, 6.45) is 1.93. The molecule has 1 aliphatic heterocycles. The predicted molar refractivity (Wildman–Crippen MR) is 96.1 cm³/mol. The van der Waals surface area contributed by atoms with Crippen molar-refractivity contribution in [1.29, 1.82) is 0 Å². The summed E-state index contributed by atoms with van der Waals surface area (Å²) in [4.78, 5) is 23.5. The number of fused-ring (bicyclic) bond motifs is 1. The van der Waals surface area contributed by atoms with Crippen LogP contribution in [0.4, 0.5) is 0 Å². The van der Waals surface area contributed by atoms with Gasteiger partial charge in [0.15, 0.2) is 11.5 Å². The molecule has 0 fully saturated rings. The Morgan fingerprint density at radius 2 is 1.85 bits per heavy atom. The lowest BCUT2D eigenvalue weighted by molar-refractivity contribution is -0.129. The number of amides is 2. The van der Waals surface area contributed by atoms with Crippen molar-refractivity contribution in [2.75, 3.05) is 13.3 Å². The molecule has 1 heterocycles. The van der Waals surface area contributed by atoms with E-state index in [0.717, 1.165) is 17.5 Å². The number of hydrogen-bond acceptors (Lipinski definition) is 5. The number of benzene rings is 2. The lowest BCUT2D eigenvalue weighted by atomic mass is 10.1. The van der Waals surface area contributed by atoms with E-state index in [1.165, 1.54) is 6.21 Å². The van der Waals surface area contributed by atoms with Crippen LogP contribution in [0.1, 0.15) is 17.5 Å². The highest BCUT2D eigenvalue weighted by Gasteiger charge is 2.12. The molecule has 1 aliphatic rings. The van der Waals surface area contributed by atoms with Crippen LogP contribution >= 0.6 is 0 Å². The van der Waals surface area contributed by atoms with Crippen molar-refractivity contribution in [3.05, 3.63) is 59.7 Å². The molecule has 3 rings (SSSR count). The fourth-order valence-electron chi connectivity index (χ4n) is 2.41. The van der Waals surface area contributed by atoms with Crippen LogP contribution < -0.4 is 20.2 Å². The standard InChI is InChI=1S/C19H19N3O4/c23-18(20-9-8-14-4-2-1-3-5-14)11-19(24)22-21-12-15-6-7-16-17(10-15)26-13-25-16/h1-7,10,12H,8-9,11,13H2,(H,20,23)(H,22,24)/b21-12+. The van der Waals surface area contributed by atoms with E-state index in [-0.39, 0.29) is 19.1 Å². The van der Waals surface area contributed by atoms with E-state index in [0.29, 0.717) is 18.0 Å². The third-order valence-electron chi connectivity index (χ3n) is 3.70. The summed E-state index contributed by atoms with van der Waals surface area (Å²) in [5.74, 6) is 0.507. The molecular formula is C19H19N3O4. The van der Waals surface area contributed by atoms with Gasteiger partial charge in [-0.1, -0.05) is 30.3 Å². The van der Waals surface area contributed by atoms with Gasteiger partial charge in [-0.3, -0.25) is 9.59 Å². The van der Waals surface area contributed by atoms with Crippen molar-refractivity contribution in [3.8, 4) is 11.5 Å². The largest absolute Gasteiger partial charge is 0.454 e. The van der Waals surface area contributed by atoms with Crippen molar-refractivity contribution in [2.45, 2.75) is 12.8 Å². The summed E-state index contributed by atoms with van der Waals surface area (Å²) >= 11 is 0. The first-order valence-corrected chi connectivity index (χ1v) is 8.23. The van der Waals surface area contributed by atoms with Gasteiger partial charge in [0.2, 0.25) is 18.6 Å². The Bertz CT molecular complexity index is 806. The van der Waals surface area contributed by atoms with Crippen LogP contribution in [0.3, 0.4) is 0 Å². The number of hydrogen-bond donors (Lipinski definition) is 2. The maximum absolute atomic E-state index is 11.8. The zero-order chi connectivity index (χ0) is 18.2. The highest BCUT2D eigenvalue weighted by Crippen LogP contribution is 2.31. The maximum Gasteiger partial charge on any atom is 0.249 e. The fraction of sp³-hybridized carbons (Fsp3) is 0.211. The first-order chi connectivity index (χ1) is 12.7. The molecular weight excluding hydrogens is 334 g/mol. The smallest absolute Gasteiger partial charge is 0.249 e. The maximum atomic E-state index is 11.8. The summed E-state index contributed by atoms with van der Waals surface area (Å²) in [6, 6.07) is 15.1. The molecule has 0 spiro atoms. The first-order valence-electron chi connectivity index (χ1n) is 8.23. The van der Waals surface area contributed by atoms with Crippen molar-refractivity contribution in [1.82, 2.24) is 10.7 Å². The van der Waals surface area contributed by atoms with E-state index < -0.39 is 5.91 Å². The van der Waals surface area contributed by atoms with Crippen molar-refractivity contribution in [2.24, 2.45) is 5.10 Å². The molecule has 2 amide bonds. The third-order valence-corrected chi connectivity index (χ3v) is 3.70. The normalized spacial score (nSPS) is 12.2. The van der Waals surface area contributed by atoms with Gasteiger partial charge >= 0.3 is 0 Å². The molecule has 2 aromatic carbocycles. The number of ether oxygens (including phenoxy) is 2.